The fourth-order valence-corrected chi connectivity index (χ4v) is 3.53. The van der Waals surface area contributed by atoms with Crippen LogP contribution in [0.1, 0.15) is 18.4 Å². The second-order valence-electron chi connectivity index (χ2n) is 6.99. The molecule has 3 rings (SSSR count). The van der Waals surface area contributed by atoms with Crippen molar-refractivity contribution >= 4 is 17.3 Å². The number of nitrogen functional groups attached to an aromatic ring is 1. The average molecular weight is 390 g/mol. The standard InChI is InChI=1S/C21H26N8/c22-8-4-10-28(11-5-9-23)20-19(24)21(26-17-25-20)29-14-12-27(13-15-29)16-18-6-2-1-3-7-18/h1-3,6-7,17H,4-5,10-16,24H2. The SMILES string of the molecule is N#CCCN(CCC#N)c1ncnc(N2CCN(Cc3ccccc3)CC2)c1N. The Balaban J connectivity index is 1.67. The van der Waals surface area contributed by atoms with Gasteiger partial charge in [-0.1, -0.05) is 30.3 Å². The first-order valence-electron chi connectivity index (χ1n) is 9.83. The van der Waals surface area contributed by atoms with Crippen LogP contribution in [0.3, 0.4) is 0 Å². The highest BCUT2D eigenvalue weighted by atomic mass is 15.3. The lowest BCUT2D eigenvalue weighted by molar-refractivity contribution is 0.249. The number of nitrogens with two attached hydrogens (primary N) is 1. The van der Waals surface area contributed by atoms with Gasteiger partial charge in [0.25, 0.3) is 0 Å². The third-order valence-electron chi connectivity index (χ3n) is 5.05. The molecule has 2 aromatic rings. The van der Waals surface area contributed by atoms with Crippen LogP contribution in [0.25, 0.3) is 0 Å². The largest absolute Gasteiger partial charge is 0.393 e. The fraction of sp³-hybridized carbons (Fsp3) is 0.429. The van der Waals surface area contributed by atoms with Gasteiger partial charge in [-0.15, -0.1) is 0 Å². The first-order valence-corrected chi connectivity index (χ1v) is 9.83. The van der Waals surface area contributed by atoms with Gasteiger partial charge in [0.2, 0.25) is 0 Å². The molecule has 1 aromatic carbocycles. The molecule has 0 saturated carbocycles. The van der Waals surface area contributed by atoms with Gasteiger partial charge in [-0.05, 0) is 5.56 Å². The Morgan fingerprint density at radius 1 is 0.966 bits per heavy atom. The molecule has 0 aliphatic carbocycles. The lowest BCUT2D eigenvalue weighted by Gasteiger charge is -2.36. The maximum Gasteiger partial charge on any atom is 0.157 e. The Labute approximate surface area is 171 Å². The Morgan fingerprint density at radius 3 is 2.24 bits per heavy atom. The van der Waals surface area contributed by atoms with Gasteiger partial charge in [0, 0.05) is 45.8 Å². The number of nitrogens with zero attached hydrogens (tertiary/aromatic N) is 7. The topological polar surface area (TPSA) is 109 Å². The van der Waals surface area contributed by atoms with Gasteiger partial charge in [0.1, 0.15) is 12.0 Å². The van der Waals surface area contributed by atoms with Crippen molar-refractivity contribution < 1.29 is 0 Å². The highest BCUT2D eigenvalue weighted by Crippen LogP contribution is 2.30. The summed E-state index contributed by atoms with van der Waals surface area (Å²) in [6.07, 6.45) is 2.22. The summed E-state index contributed by atoms with van der Waals surface area (Å²) in [5, 5.41) is 17.9. The third-order valence-corrected chi connectivity index (χ3v) is 5.05. The van der Waals surface area contributed by atoms with Crippen molar-refractivity contribution in [2.75, 3.05) is 54.8 Å². The average Bonchev–Trinajstić information content (AvgIpc) is 2.76. The van der Waals surface area contributed by atoms with E-state index in [0.717, 1.165) is 38.5 Å². The predicted molar refractivity (Wildman–Crippen MR) is 113 cm³/mol. The lowest BCUT2D eigenvalue weighted by Crippen LogP contribution is -2.46. The summed E-state index contributed by atoms with van der Waals surface area (Å²) < 4.78 is 0. The van der Waals surface area contributed by atoms with Crippen LogP contribution < -0.4 is 15.5 Å². The molecule has 1 aliphatic rings. The molecule has 2 heterocycles. The van der Waals surface area contributed by atoms with E-state index >= 15 is 0 Å². The summed E-state index contributed by atoms with van der Waals surface area (Å²) in [5.74, 6) is 1.33. The Kier molecular flexibility index (Phi) is 7.21. The molecule has 0 amide bonds. The van der Waals surface area contributed by atoms with Gasteiger partial charge >= 0.3 is 0 Å². The zero-order valence-corrected chi connectivity index (χ0v) is 16.5. The summed E-state index contributed by atoms with van der Waals surface area (Å²) in [4.78, 5) is 15.3. The zero-order chi connectivity index (χ0) is 20.5. The first-order chi connectivity index (χ1) is 14.2. The Morgan fingerprint density at radius 2 is 1.62 bits per heavy atom. The normalized spacial score (nSPS) is 14.2. The highest BCUT2D eigenvalue weighted by Gasteiger charge is 2.23. The first kappa shape index (κ1) is 20.4. The van der Waals surface area contributed by atoms with E-state index in [-0.39, 0.29) is 0 Å². The van der Waals surface area contributed by atoms with E-state index in [0.29, 0.717) is 37.4 Å². The lowest BCUT2D eigenvalue weighted by atomic mass is 10.2. The Hall–Kier alpha value is -3.36. The van der Waals surface area contributed by atoms with Crippen molar-refractivity contribution in [3.8, 4) is 12.1 Å². The van der Waals surface area contributed by atoms with Gasteiger partial charge in [0.15, 0.2) is 11.6 Å². The minimum atomic E-state index is 0.350. The number of hydrogen-bond donors (Lipinski definition) is 1. The van der Waals surface area contributed by atoms with Crippen molar-refractivity contribution in [3.05, 3.63) is 42.2 Å². The smallest absolute Gasteiger partial charge is 0.157 e. The summed E-state index contributed by atoms with van der Waals surface area (Å²) in [7, 11) is 0. The number of aromatic nitrogens is 2. The van der Waals surface area contributed by atoms with Crippen LogP contribution in [0.5, 0.6) is 0 Å². The summed E-state index contributed by atoms with van der Waals surface area (Å²) in [6.45, 7) is 5.46. The van der Waals surface area contributed by atoms with Gasteiger partial charge in [-0.25, -0.2) is 9.97 Å². The molecule has 1 saturated heterocycles. The number of piperazine rings is 1. The zero-order valence-electron chi connectivity index (χ0n) is 16.5. The molecule has 0 atom stereocenters. The maximum absolute atomic E-state index is 8.93. The van der Waals surface area contributed by atoms with Gasteiger partial charge in [-0.2, -0.15) is 10.5 Å². The van der Waals surface area contributed by atoms with Crippen molar-refractivity contribution in [1.82, 2.24) is 14.9 Å². The molecular weight excluding hydrogens is 364 g/mol. The minimum absolute atomic E-state index is 0.350. The second kappa shape index (κ2) is 10.3. The van der Waals surface area contributed by atoms with E-state index in [9.17, 15) is 0 Å². The van der Waals surface area contributed by atoms with E-state index in [1.165, 1.54) is 11.9 Å². The molecule has 1 aliphatic heterocycles. The van der Waals surface area contributed by atoms with Crippen LogP contribution in [0.15, 0.2) is 36.7 Å². The van der Waals surface area contributed by atoms with Crippen LogP contribution in [0.4, 0.5) is 17.3 Å². The van der Waals surface area contributed by atoms with Crippen LogP contribution in [-0.2, 0) is 6.54 Å². The highest BCUT2D eigenvalue weighted by molar-refractivity contribution is 5.75. The van der Waals surface area contributed by atoms with Crippen LogP contribution in [0, 0.1) is 22.7 Å². The molecule has 0 bridgehead atoms. The predicted octanol–water partition coefficient (Wildman–Crippen LogP) is 2.01. The third kappa shape index (κ3) is 5.34. The van der Waals surface area contributed by atoms with E-state index in [4.69, 9.17) is 16.3 Å². The van der Waals surface area contributed by atoms with Crippen molar-refractivity contribution in [3.63, 3.8) is 0 Å². The summed E-state index contributed by atoms with van der Waals surface area (Å²) in [6, 6.07) is 14.8. The number of rotatable bonds is 8. The minimum Gasteiger partial charge on any atom is -0.393 e. The molecule has 0 unspecified atom stereocenters. The van der Waals surface area contributed by atoms with E-state index in [1.807, 2.05) is 11.0 Å². The van der Waals surface area contributed by atoms with Crippen LogP contribution in [0.2, 0.25) is 0 Å². The number of hydrogen-bond acceptors (Lipinski definition) is 8. The van der Waals surface area contributed by atoms with Crippen molar-refractivity contribution in [2.45, 2.75) is 19.4 Å². The summed E-state index contributed by atoms with van der Waals surface area (Å²) >= 11 is 0. The molecule has 8 heteroatoms. The van der Waals surface area contributed by atoms with Crippen molar-refractivity contribution in [1.29, 1.82) is 10.5 Å². The monoisotopic (exact) mass is 390 g/mol. The van der Waals surface area contributed by atoms with Gasteiger partial charge in [-0.3, -0.25) is 4.90 Å². The number of nitriles is 2. The molecule has 150 valence electrons. The van der Waals surface area contributed by atoms with Gasteiger partial charge in [0.05, 0.1) is 25.0 Å². The molecule has 0 spiro atoms. The molecular formula is C21H26N8. The van der Waals surface area contributed by atoms with Gasteiger partial charge < -0.3 is 15.5 Å². The number of benzene rings is 1. The molecule has 1 fully saturated rings. The molecule has 1 aromatic heterocycles. The van der Waals surface area contributed by atoms with Crippen LogP contribution in [-0.4, -0.2) is 54.1 Å². The van der Waals surface area contributed by atoms with Crippen LogP contribution >= 0.6 is 0 Å². The van der Waals surface area contributed by atoms with E-state index in [1.54, 1.807) is 0 Å². The molecule has 2 N–H and O–H groups in total. The number of anilines is 3. The molecule has 29 heavy (non-hydrogen) atoms. The van der Waals surface area contributed by atoms with Crippen molar-refractivity contribution in [2.24, 2.45) is 0 Å². The second-order valence-corrected chi connectivity index (χ2v) is 6.99. The Bertz CT molecular complexity index is 844. The molecule has 0 radical (unpaired) electrons. The maximum atomic E-state index is 8.93. The van der Waals surface area contributed by atoms with E-state index < -0.39 is 0 Å². The fourth-order valence-electron chi connectivity index (χ4n) is 3.53. The molecule has 8 nitrogen and oxygen atoms in total. The quantitative estimate of drug-likeness (QED) is 0.729. The van der Waals surface area contributed by atoms with E-state index in [2.05, 4.69) is 56.2 Å². The summed E-state index contributed by atoms with van der Waals surface area (Å²) in [5.41, 5.74) is 8.26.